The molecule has 2 aromatic carbocycles. The van der Waals surface area contributed by atoms with Crippen LogP contribution in [0.2, 0.25) is 0 Å². The van der Waals surface area contributed by atoms with E-state index in [1.54, 1.807) is 0 Å². The van der Waals surface area contributed by atoms with Crippen molar-refractivity contribution in [2.45, 2.75) is 19.8 Å². The van der Waals surface area contributed by atoms with Gasteiger partial charge >= 0.3 is 0 Å². The van der Waals surface area contributed by atoms with Gasteiger partial charge in [-0.2, -0.15) is 0 Å². The van der Waals surface area contributed by atoms with E-state index >= 15 is 0 Å². The second-order valence-corrected chi connectivity index (χ2v) is 6.70. The minimum atomic E-state index is -0.0984. The lowest BCUT2D eigenvalue weighted by Crippen LogP contribution is -2.33. The molecule has 0 saturated heterocycles. The third kappa shape index (κ3) is 4.24. The standard InChI is InChI=1S/C18H16BrN3O2S/c1-2-5-16(23)22-18(25)20-11-8-9-15-14(10-11)21-17(24-15)12-6-3-4-7-13(12)19/h3-4,6-10H,2,5H2,1H3,(H2,20,22,23,25). The third-order valence-corrected chi connectivity index (χ3v) is 4.38. The Hall–Kier alpha value is -2.25. The Kier molecular flexibility index (Phi) is 5.45. The monoisotopic (exact) mass is 417 g/mol. The highest BCUT2D eigenvalue weighted by Gasteiger charge is 2.12. The number of halogens is 1. The Bertz CT molecular complexity index is 939. The molecule has 25 heavy (non-hydrogen) atoms. The molecule has 1 heterocycles. The van der Waals surface area contributed by atoms with E-state index in [1.165, 1.54) is 0 Å². The molecular formula is C18H16BrN3O2S. The van der Waals surface area contributed by atoms with Crippen LogP contribution in [0.15, 0.2) is 51.4 Å². The Morgan fingerprint density at radius 1 is 1.28 bits per heavy atom. The molecule has 0 bridgehead atoms. The van der Waals surface area contributed by atoms with Crippen molar-refractivity contribution in [3.05, 3.63) is 46.9 Å². The van der Waals surface area contributed by atoms with E-state index in [0.717, 1.165) is 22.1 Å². The normalized spacial score (nSPS) is 10.6. The highest BCUT2D eigenvalue weighted by molar-refractivity contribution is 9.10. The second-order valence-electron chi connectivity index (χ2n) is 5.43. The minimum absolute atomic E-state index is 0.0984. The Morgan fingerprint density at radius 3 is 2.84 bits per heavy atom. The van der Waals surface area contributed by atoms with Crippen molar-refractivity contribution in [3.8, 4) is 11.5 Å². The number of oxazole rings is 1. The average Bonchev–Trinajstić information content (AvgIpc) is 2.98. The molecule has 3 aromatic rings. The van der Waals surface area contributed by atoms with Crippen molar-refractivity contribution in [1.82, 2.24) is 10.3 Å². The van der Waals surface area contributed by atoms with Crippen LogP contribution in [-0.2, 0) is 4.79 Å². The van der Waals surface area contributed by atoms with Crippen molar-refractivity contribution in [2.75, 3.05) is 5.32 Å². The molecule has 0 unspecified atom stereocenters. The lowest BCUT2D eigenvalue weighted by molar-refractivity contribution is -0.119. The van der Waals surface area contributed by atoms with E-state index in [-0.39, 0.29) is 11.0 Å². The third-order valence-electron chi connectivity index (χ3n) is 3.48. The molecule has 0 aliphatic heterocycles. The molecular weight excluding hydrogens is 402 g/mol. The number of carbonyl (C=O) groups excluding carboxylic acids is 1. The highest BCUT2D eigenvalue weighted by Crippen LogP contribution is 2.30. The van der Waals surface area contributed by atoms with Crippen LogP contribution in [0.3, 0.4) is 0 Å². The van der Waals surface area contributed by atoms with Gasteiger partial charge in [0.1, 0.15) is 5.52 Å². The van der Waals surface area contributed by atoms with E-state index in [2.05, 4.69) is 31.5 Å². The smallest absolute Gasteiger partial charge is 0.228 e. The van der Waals surface area contributed by atoms with E-state index in [1.807, 2.05) is 49.4 Å². The van der Waals surface area contributed by atoms with Gasteiger partial charge in [0, 0.05) is 16.6 Å². The molecule has 0 saturated carbocycles. The number of thiocarbonyl (C=S) groups is 1. The number of rotatable bonds is 4. The molecule has 0 aliphatic carbocycles. The van der Waals surface area contributed by atoms with E-state index in [4.69, 9.17) is 16.6 Å². The number of nitrogens with one attached hydrogen (secondary N) is 2. The zero-order chi connectivity index (χ0) is 17.8. The van der Waals surface area contributed by atoms with Gasteiger partial charge in [-0.15, -0.1) is 0 Å². The number of aromatic nitrogens is 1. The molecule has 2 N–H and O–H groups in total. The Morgan fingerprint density at radius 2 is 2.08 bits per heavy atom. The summed E-state index contributed by atoms with van der Waals surface area (Å²) in [4.78, 5) is 16.1. The Labute approximate surface area is 158 Å². The maximum absolute atomic E-state index is 11.6. The number of hydrogen-bond acceptors (Lipinski definition) is 4. The summed E-state index contributed by atoms with van der Waals surface area (Å²) in [7, 11) is 0. The predicted molar refractivity (Wildman–Crippen MR) is 106 cm³/mol. The maximum atomic E-state index is 11.6. The van der Waals surface area contributed by atoms with Gasteiger partial charge in [0.25, 0.3) is 0 Å². The van der Waals surface area contributed by atoms with Crippen LogP contribution in [0.4, 0.5) is 5.69 Å². The first-order valence-corrected chi connectivity index (χ1v) is 9.03. The summed E-state index contributed by atoms with van der Waals surface area (Å²) in [5.41, 5.74) is 3.01. The Balaban J connectivity index is 1.80. The molecule has 1 amide bonds. The van der Waals surface area contributed by atoms with Gasteiger partial charge < -0.3 is 15.1 Å². The van der Waals surface area contributed by atoms with Gasteiger partial charge in [-0.05, 0) is 64.9 Å². The molecule has 1 aromatic heterocycles. The van der Waals surface area contributed by atoms with Crippen LogP contribution >= 0.6 is 28.1 Å². The van der Waals surface area contributed by atoms with E-state index in [0.29, 0.717) is 23.4 Å². The fourth-order valence-electron chi connectivity index (χ4n) is 2.33. The number of carbonyl (C=O) groups is 1. The molecule has 0 radical (unpaired) electrons. The van der Waals surface area contributed by atoms with Crippen molar-refractivity contribution < 1.29 is 9.21 Å². The lowest BCUT2D eigenvalue weighted by Gasteiger charge is -2.08. The number of nitrogens with zero attached hydrogens (tertiary/aromatic N) is 1. The molecule has 0 aliphatic rings. The summed E-state index contributed by atoms with van der Waals surface area (Å²) < 4.78 is 6.74. The van der Waals surface area contributed by atoms with Gasteiger partial charge in [0.05, 0.1) is 5.56 Å². The SMILES string of the molecule is CCCC(=O)NC(=S)Nc1ccc2oc(-c3ccccc3Br)nc2c1. The maximum Gasteiger partial charge on any atom is 0.228 e. The van der Waals surface area contributed by atoms with E-state index in [9.17, 15) is 4.79 Å². The summed E-state index contributed by atoms with van der Waals surface area (Å²) in [6.07, 6.45) is 1.22. The van der Waals surface area contributed by atoms with Gasteiger partial charge in [-0.3, -0.25) is 4.79 Å². The summed E-state index contributed by atoms with van der Waals surface area (Å²) in [6.45, 7) is 1.94. The summed E-state index contributed by atoms with van der Waals surface area (Å²) in [6, 6.07) is 13.2. The summed E-state index contributed by atoms with van der Waals surface area (Å²) in [5.74, 6) is 0.442. The van der Waals surface area contributed by atoms with Gasteiger partial charge in [-0.1, -0.05) is 19.1 Å². The number of benzene rings is 2. The number of amides is 1. The first-order chi connectivity index (χ1) is 12.1. The fraction of sp³-hybridized carbons (Fsp3) is 0.167. The van der Waals surface area contributed by atoms with Crippen molar-refractivity contribution >= 4 is 56.0 Å². The van der Waals surface area contributed by atoms with Crippen LogP contribution in [0, 0.1) is 0 Å². The fourth-order valence-corrected chi connectivity index (χ4v) is 3.02. The van der Waals surface area contributed by atoms with Gasteiger partial charge in [0.2, 0.25) is 11.8 Å². The topological polar surface area (TPSA) is 67.2 Å². The predicted octanol–water partition coefficient (Wildman–Crippen LogP) is 4.87. The van der Waals surface area contributed by atoms with E-state index < -0.39 is 0 Å². The van der Waals surface area contributed by atoms with Crippen molar-refractivity contribution in [2.24, 2.45) is 0 Å². The number of anilines is 1. The largest absolute Gasteiger partial charge is 0.436 e. The highest BCUT2D eigenvalue weighted by atomic mass is 79.9. The molecule has 7 heteroatoms. The second kappa shape index (κ2) is 7.76. The first kappa shape index (κ1) is 17.6. The van der Waals surface area contributed by atoms with Crippen LogP contribution in [0.1, 0.15) is 19.8 Å². The summed E-state index contributed by atoms with van der Waals surface area (Å²) in [5, 5.41) is 5.91. The molecule has 0 atom stereocenters. The zero-order valence-electron chi connectivity index (χ0n) is 13.5. The number of hydrogen-bond donors (Lipinski definition) is 2. The van der Waals surface area contributed by atoms with Crippen molar-refractivity contribution in [3.63, 3.8) is 0 Å². The minimum Gasteiger partial charge on any atom is -0.436 e. The summed E-state index contributed by atoms with van der Waals surface area (Å²) >= 11 is 8.66. The van der Waals surface area contributed by atoms with Gasteiger partial charge in [0.15, 0.2) is 10.7 Å². The zero-order valence-corrected chi connectivity index (χ0v) is 15.9. The van der Waals surface area contributed by atoms with Crippen LogP contribution in [0.5, 0.6) is 0 Å². The lowest BCUT2D eigenvalue weighted by atomic mass is 10.2. The quantitative estimate of drug-likeness (QED) is 0.592. The van der Waals surface area contributed by atoms with Gasteiger partial charge in [-0.25, -0.2) is 4.98 Å². The molecule has 0 fully saturated rings. The molecule has 0 spiro atoms. The van der Waals surface area contributed by atoms with Crippen LogP contribution in [0.25, 0.3) is 22.6 Å². The first-order valence-electron chi connectivity index (χ1n) is 7.83. The van der Waals surface area contributed by atoms with Crippen LogP contribution in [-0.4, -0.2) is 16.0 Å². The van der Waals surface area contributed by atoms with Crippen molar-refractivity contribution in [1.29, 1.82) is 0 Å². The molecule has 3 rings (SSSR count). The number of fused-ring (bicyclic) bond motifs is 1. The van der Waals surface area contributed by atoms with Crippen LogP contribution < -0.4 is 10.6 Å². The average molecular weight is 418 g/mol. The molecule has 128 valence electrons. The molecule has 5 nitrogen and oxygen atoms in total.